The number of carbonyl (C=O) groups is 2. The van der Waals surface area contributed by atoms with Gasteiger partial charge >= 0.3 is 0 Å². The van der Waals surface area contributed by atoms with Gasteiger partial charge in [-0.25, -0.2) is 0 Å². The van der Waals surface area contributed by atoms with Crippen LogP contribution >= 0.6 is 0 Å². The van der Waals surface area contributed by atoms with Gasteiger partial charge in [0.05, 0.1) is 0 Å². The summed E-state index contributed by atoms with van der Waals surface area (Å²) in [6.07, 6.45) is 6.32. The van der Waals surface area contributed by atoms with E-state index in [1.54, 1.807) is 6.20 Å². The maximum absolute atomic E-state index is 11.5. The fourth-order valence-electron chi connectivity index (χ4n) is 5.95. The number of benzene rings is 3. The van der Waals surface area contributed by atoms with Crippen LogP contribution in [0.5, 0.6) is 0 Å². The number of allylic oxidation sites excluding steroid dienone is 4. The van der Waals surface area contributed by atoms with Gasteiger partial charge in [-0.15, -0.1) is 47.5 Å². The van der Waals surface area contributed by atoms with Crippen molar-refractivity contribution in [3.8, 4) is 33.6 Å². The first-order valence-corrected chi connectivity index (χ1v) is 20.3. The van der Waals surface area contributed by atoms with E-state index in [2.05, 4.69) is 67.1 Å². The van der Waals surface area contributed by atoms with Crippen molar-refractivity contribution in [1.29, 1.82) is 0 Å². The molecule has 3 heterocycles. The Balaban J connectivity index is 0.000000395. The first kappa shape index (κ1) is 53.7. The molecule has 6 aromatic rings. The molecule has 3 aromatic carbocycles. The molecule has 62 heavy (non-hydrogen) atoms. The van der Waals surface area contributed by atoms with Crippen LogP contribution in [0.3, 0.4) is 0 Å². The number of aliphatic hydroxyl groups excluding tert-OH is 2. The topological polar surface area (TPSA) is 114 Å². The zero-order valence-electron chi connectivity index (χ0n) is 38.8. The van der Waals surface area contributed by atoms with Gasteiger partial charge < -0.3 is 24.6 Å². The molecule has 0 aliphatic heterocycles. The summed E-state index contributed by atoms with van der Waals surface area (Å²) in [6, 6.07) is 29.3. The molecule has 0 atom stereocenters. The minimum Gasteiger partial charge on any atom is -0.512 e. The van der Waals surface area contributed by atoms with Gasteiger partial charge in [0.15, 0.2) is 11.6 Å². The number of carbonyl (C=O) groups excluding carboxylic acids is 2. The van der Waals surface area contributed by atoms with E-state index < -0.39 is 10.8 Å². The molecular formula is C53H62N2O5Pt2-2. The van der Waals surface area contributed by atoms with E-state index in [9.17, 15) is 19.8 Å². The minimum atomic E-state index is -0.417. The van der Waals surface area contributed by atoms with Crippen molar-refractivity contribution in [3.05, 3.63) is 132 Å². The van der Waals surface area contributed by atoms with Gasteiger partial charge in [-0.1, -0.05) is 130 Å². The number of fused-ring (bicyclic) bond motifs is 3. The molecule has 2 N–H and O–H groups in total. The third-order valence-electron chi connectivity index (χ3n) is 9.83. The molecule has 3 aromatic heterocycles. The number of pyridine rings is 2. The standard InChI is InChI=1S/C31H22N2O.2C11H20O2.2Pt/c1-19-14-20(2)31(21(3)15-19)24-11-13-33-28(16-24)23-8-10-26-25-9-7-22(27-6-4-5-12-32-27)17-29(25)34-30(26)18-23;2*1-10(2,3)8(12)7-9(13)11(4,5)6;;/h4-6,9-18H,1-3H3;2*7,12H,1-6H3;;/q-2;;;;/b;2*8-7-;;. The Morgan fingerprint density at radius 2 is 1.02 bits per heavy atom. The van der Waals surface area contributed by atoms with Crippen LogP contribution in [0.4, 0.5) is 0 Å². The van der Waals surface area contributed by atoms with Crippen LogP contribution in [-0.4, -0.2) is 31.7 Å². The normalized spacial score (nSPS) is 12.3. The van der Waals surface area contributed by atoms with Gasteiger partial charge in [0.1, 0.15) is 11.5 Å². The molecule has 0 amide bonds. The van der Waals surface area contributed by atoms with Crippen molar-refractivity contribution in [2.24, 2.45) is 21.7 Å². The van der Waals surface area contributed by atoms with Crippen molar-refractivity contribution in [2.45, 2.75) is 104 Å². The number of ketones is 2. The molecule has 0 saturated heterocycles. The zero-order valence-corrected chi connectivity index (χ0v) is 43.4. The second-order valence-electron chi connectivity index (χ2n) is 19.6. The summed E-state index contributed by atoms with van der Waals surface area (Å²) in [6.45, 7) is 28.7. The molecule has 0 aliphatic rings. The summed E-state index contributed by atoms with van der Waals surface area (Å²) in [5.41, 5.74) is 9.90. The number of hydrogen-bond donors (Lipinski definition) is 2. The number of aliphatic hydroxyl groups is 2. The van der Waals surface area contributed by atoms with Crippen LogP contribution in [0.1, 0.15) is 99.8 Å². The second-order valence-corrected chi connectivity index (χ2v) is 19.6. The van der Waals surface area contributed by atoms with Gasteiger partial charge in [-0.05, 0) is 66.5 Å². The summed E-state index contributed by atoms with van der Waals surface area (Å²) in [5.74, 6) is 0.208. The van der Waals surface area contributed by atoms with E-state index in [1.165, 1.54) is 34.4 Å². The molecule has 9 heteroatoms. The van der Waals surface area contributed by atoms with E-state index >= 15 is 0 Å². The minimum absolute atomic E-state index is 0. The Labute approximate surface area is 398 Å². The van der Waals surface area contributed by atoms with Crippen molar-refractivity contribution >= 4 is 33.5 Å². The van der Waals surface area contributed by atoms with Crippen molar-refractivity contribution < 1.29 is 66.3 Å². The van der Waals surface area contributed by atoms with Crippen LogP contribution in [0.2, 0.25) is 0 Å². The molecule has 336 valence electrons. The van der Waals surface area contributed by atoms with E-state index in [1.807, 2.05) is 132 Å². The van der Waals surface area contributed by atoms with Crippen molar-refractivity contribution in [1.82, 2.24) is 9.97 Å². The number of aryl methyl sites for hydroxylation is 3. The Morgan fingerprint density at radius 3 is 1.42 bits per heavy atom. The predicted molar refractivity (Wildman–Crippen MR) is 247 cm³/mol. The van der Waals surface area contributed by atoms with Gasteiger partial charge in [-0.2, -0.15) is 0 Å². The molecule has 0 unspecified atom stereocenters. The van der Waals surface area contributed by atoms with Crippen molar-refractivity contribution in [2.75, 3.05) is 0 Å². The summed E-state index contributed by atoms with van der Waals surface area (Å²) >= 11 is 0. The first-order valence-electron chi connectivity index (χ1n) is 20.3. The summed E-state index contributed by atoms with van der Waals surface area (Å²) in [5, 5.41) is 21.2. The molecule has 0 aliphatic carbocycles. The molecule has 6 rings (SSSR count). The van der Waals surface area contributed by atoms with Crippen LogP contribution in [0.15, 0.2) is 107 Å². The SMILES string of the molecule is CC(C)(C)C(=O)/C=C(\O)C(C)(C)C.CC(C)(C)C(=O)/C=C(\O)C(C)(C)C.Cc1cc(C)c(-c2ccnc(-c3[c-]cc4c(c3)oc3cc(-c5ccccn5)[c-]cc34)c2)c(C)c1.[Pt].[Pt]. The number of hydrogen-bond acceptors (Lipinski definition) is 7. The van der Waals surface area contributed by atoms with Crippen LogP contribution in [0.25, 0.3) is 55.6 Å². The van der Waals surface area contributed by atoms with Gasteiger partial charge in [0.2, 0.25) is 0 Å². The van der Waals surface area contributed by atoms with Crippen LogP contribution in [-0.2, 0) is 51.7 Å². The largest absolute Gasteiger partial charge is 0.512 e. The summed E-state index contributed by atoms with van der Waals surface area (Å²) in [4.78, 5) is 32.0. The second kappa shape index (κ2) is 21.3. The third kappa shape index (κ3) is 14.3. The smallest absolute Gasteiger partial charge is 0.164 e. The first-order chi connectivity index (χ1) is 27.7. The molecule has 0 fully saturated rings. The molecule has 0 radical (unpaired) electrons. The molecule has 0 bridgehead atoms. The predicted octanol–water partition coefficient (Wildman–Crippen LogP) is 14.1. The van der Waals surface area contributed by atoms with Gasteiger partial charge in [0, 0.05) is 99.5 Å². The fourth-order valence-corrected chi connectivity index (χ4v) is 5.95. The average Bonchev–Trinajstić information content (AvgIpc) is 3.51. The van der Waals surface area contributed by atoms with E-state index in [0.29, 0.717) is 0 Å². The molecular weight excluding hydrogens is 1130 g/mol. The zero-order chi connectivity index (χ0) is 45.0. The van der Waals surface area contributed by atoms with Crippen molar-refractivity contribution in [3.63, 3.8) is 0 Å². The van der Waals surface area contributed by atoms with E-state index in [-0.39, 0.29) is 76.0 Å². The maximum atomic E-state index is 11.5. The monoisotopic (exact) mass is 1200 g/mol. The van der Waals surface area contributed by atoms with Crippen LogP contribution in [0, 0.1) is 54.6 Å². The summed E-state index contributed by atoms with van der Waals surface area (Å²) < 4.78 is 6.25. The summed E-state index contributed by atoms with van der Waals surface area (Å²) in [7, 11) is 0. The van der Waals surface area contributed by atoms with Gasteiger partial charge in [0.25, 0.3) is 0 Å². The number of aromatic nitrogens is 2. The van der Waals surface area contributed by atoms with Gasteiger partial charge in [-0.3, -0.25) is 9.59 Å². The van der Waals surface area contributed by atoms with E-state index in [4.69, 9.17) is 4.42 Å². The van der Waals surface area contributed by atoms with E-state index in [0.717, 1.165) is 50.0 Å². The average molecular weight is 1200 g/mol. The maximum Gasteiger partial charge on any atom is 0.164 e. The quantitative estimate of drug-likeness (QED) is 0.100. The number of nitrogens with zero attached hydrogens (tertiary/aromatic N) is 2. The molecule has 0 spiro atoms. The van der Waals surface area contributed by atoms with Crippen LogP contribution < -0.4 is 0 Å². The third-order valence-corrected chi connectivity index (χ3v) is 9.83. The Morgan fingerprint density at radius 1 is 0.581 bits per heavy atom. The molecule has 7 nitrogen and oxygen atoms in total. The number of furan rings is 1. The molecule has 0 saturated carbocycles. The Kier molecular flexibility index (Phi) is 18.4. The Hall–Kier alpha value is -4.44. The Bertz CT molecular complexity index is 2480. The number of rotatable bonds is 5. The fraction of sp³-hybridized carbons (Fsp3) is 0.358.